The normalized spacial score (nSPS) is 10.4. The van der Waals surface area contributed by atoms with Gasteiger partial charge in [-0.15, -0.1) is 0 Å². The van der Waals surface area contributed by atoms with Gasteiger partial charge in [0, 0.05) is 18.7 Å². The number of amides is 1. The van der Waals surface area contributed by atoms with E-state index in [2.05, 4.69) is 26.5 Å². The minimum Gasteiger partial charge on any atom is -1.00 e. The summed E-state index contributed by atoms with van der Waals surface area (Å²) in [6, 6.07) is 5.64. The lowest BCUT2D eigenvalue weighted by atomic mass is 10.1. The van der Waals surface area contributed by atoms with Gasteiger partial charge in [-0.3, -0.25) is 4.48 Å². The van der Waals surface area contributed by atoms with E-state index in [1.807, 2.05) is 19.1 Å². The molecule has 0 aliphatic heterocycles. The number of halogens is 1. The molecule has 1 amide bonds. The standard InChI is InChI=1S/C12H18N2O2.ClH/c1-9-6-7-10(16-12(15)13-2)8-11(9)14(3,4)5;/h6-8H,1-5H3;1H. The molecule has 0 aliphatic rings. The molecule has 0 saturated carbocycles. The number of hydrogen-bond donors (Lipinski definition) is 1. The third-order valence-corrected chi connectivity index (χ3v) is 2.32. The van der Waals surface area contributed by atoms with E-state index in [1.54, 1.807) is 6.07 Å². The summed E-state index contributed by atoms with van der Waals surface area (Å²) in [4.78, 5) is 11.1. The maximum Gasteiger partial charge on any atom is 0.412 e. The van der Waals surface area contributed by atoms with Crippen molar-refractivity contribution in [2.24, 2.45) is 0 Å². The van der Waals surface area contributed by atoms with E-state index in [-0.39, 0.29) is 12.4 Å². The quantitative estimate of drug-likeness (QED) is 0.685. The van der Waals surface area contributed by atoms with E-state index in [4.69, 9.17) is 4.74 Å². The monoisotopic (exact) mass is 258 g/mol. The Morgan fingerprint density at radius 1 is 1.29 bits per heavy atom. The van der Waals surface area contributed by atoms with E-state index in [0.29, 0.717) is 10.2 Å². The van der Waals surface area contributed by atoms with Crippen molar-refractivity contribution in [2.75, 3.05) is 28.2 Å². The van der Waals surface area contributed by atoms with Gasteiger partial charge in [0.2, 0.25) is 0 Å². The molecule has 17 heavy (non-hydrogen) atoms. The predicted molar refractivity (Wildman–Crippen MR) is 65.8 cm³/mol. The van der Waals surface area contributed by atoms with Crippen LogP contribution in [0.4, 0.5) is 10.5 Å². The van der Waals surface area contributed by atoms with Crippen molar-refractivity contribution >= 4 is 11.8 Å². The first-order valence-corrected chi connectivity index (χ1v) is 5.17. The van der Waals surface area contributed by atoms with Gasteiger partial charge >= 0.3 is 6.09 Å². The Morgan fingerprint density at radius 3 is 2.35 bits per heavy atom. The molecular weight excluding hydrogens is 240 g/mol. The molecule has 0 atom stereocenters. The lowest BCUT2D eigenvalue weighted by molar-refractivity contribution is -0.00000864. The number of benzene rings is 1. The van der Waals surface area contributed by atoms with E-state index >= 15 is 0 Å². The van der Waals surface area contributed by atoms with Crippen molar-refractivity contribution < 1.29 is 21.9 Å². The fraction of sp³-hybridized carbons (Fsp3) is 0.417. The van der Waals surface area contributed by atoms with Gasteiger partial charge in [0.15, 0.2) is 0 Å². The molecule has 1 rings (SSSR count). The number of hydrogen-bond acceptors (Lipinski definition) is 2. The van der Waals surface area contributed by atoms with Crippen LogP contribution in [0.1, 0.15) is 5.56 Å². The van der Waals surface area contributed by atoms with Crippen LogP contribution in [0.2, 0.25) is 0 Å². The third-order valence-electron chi connectivity index (χ3n) is 2.32. The first-order valence-electron chi connectivity index (χ1n) is 5.17. The molecule has 5 heteroatoms. The second-order valence-electron chi connectivity index (χ2n) is 4.60. The van der Waals surface area contributed by atoms with Crippen LogP contribution < -0.4 is 26.9 Å². The first kappa shape index (κ1) is 15.7. The molecule has 0 fully saturated rings. The fourth-order valence-electron chi connectivity index (χ4n) is 1.53. The molecule has 1 N–H and O–H groups in total. The Bertz CT molecular complexity index is 400. The summed E-state index contributed by atoms with van der Waals surface area (Å²) in [5, 5.41) is 2.42. The highest BCUT2D eigenvalue weighted by Gasteiger charge is 2.17. The van der Waals surface area contributed by atoms with Crippen LogP contribution in [-0.2, 0) is 0 Å². The lowest BCUT2D eigenvalue weighted by Gasteiger charge is -2.25. The second kappa shape index (κ2) is 5.89. The molecule has 1 aromatic rings. The molecule has 0 saturated heterocycles. The largest absolute Gasteiger partial charge is 1.00 e. The average Bonchev–Trinajstić information content (AvgIpc) is 2.19. The summed E-state index contributed by atoms with van der Waals surface area (Å²) in [6.07, 6.45) is -0.448. The molecular formula is C12H19ClN2O2. The van der Waals surface area contributed by atoms with E-state index in [1.165, 1.54) is 12.6 Å². The number of aryl methyl sites for hydroxylation is 1. The zero-order chi connectivity index (χ0) is 12.3. The van der Waals surface area contributed by atoms with Crippen LogP contribution in [0.15, 0.2) is 18.2 Å². The molecule has 0 heterocycles. The third kappa shape index (κ3) is 4.24. The number of ether oxygens (including phenoxy) is 1. The zero-order valence-corrected chi connectivity index (χ0v) is 11.6. The van der Waals surface area contributed by atoms with Crippen LogP contribution in [-0.4, -0.2) is 34.3 Å². The van der Waals surface area contributed by atoms with Crippen LogP contribution in [0.5, 0.6) is 5.75 Å². The number of carbonyl (C=O) groups excluding carboxylic acids is 1. The topological polar surface area (TPSA) is 38.3 Å². The van der Waals surface area contributed by atoms with E-state index < -0.39 is 6.09 Å². The summed E-state index contributed by atoms with van der Waals surface area (Å²) >= 11 is 0. The summed E-state index contributed by atoms with van der Waals surface area (Å²) in [7, 11) is 7.77. The van der Waals surface area contributed by atoms with Gasteiger partial charge in [-0.1, -0.05) is 0 Å². The van der Waals surface area contributed by atoms with Gasteiger partial charge in [0.25, 0.3) is 0 Å². The highest BCUT2D eigenvalue weighted by molar-refractivity contribution is 5.70. The van der Waals surface area contributed by atoms with Crippen molar-refractivity contribution in [1.29, 1.82) is 0 Å². The molecule has 0 unspecified atom stereocenters. The highest BCUT2D eigenvalue weighted by atomic mass is 35.5. The summed E-state index contributed by atoms with van der Waals surface area (Å²) in [6.45, 7) is 2.04. The summed E-state index contributed by atoms with van der Waals surface area (Å²) in [5.41, 5.74) is 2.30. The maximum absolute atomic E-state index is 11.1. The Kier molecular flexibility index (Phi) is 5.45. The van der Waals surface area contributed by atoms with E-state index in [9.17, 15) is 4.79 Å². The molecule has 0 radical (unpaired) electrons. The van der Waals surface area contributed by atoms with Crippen LogP contribution in [0.25, 0.3) is 0 Å². The summed E-state index contributed by atoms with van der Waals surface area (Å²) < 4.78 is 5.79. The van der Waals surface area contributed by atoms with Crippen molar-refractivity contribution in [3.63, 3.8) is 0 Å². The van der Waals surface area contributed by atoms with Crippen LogP contribution in [0, 0.1) is 6.92 Å². The number of rotatable bonds is 2. The minimum absolute atomic E-state index is 0. The number of carbonyl (C=O) groups is 1. The van der Waals surface area contributed by atoms with Crippen molar-refractivity contribution in [3.05, 3.63) is 23.8 Å². The number of nitrogens with one attached hydrogen (secondary N) is 1. The van der Waals surface area contributed by atoms with Gasteiger partial charge < -0.3 is 22.5 Å². The van der Waals surface area contributed by atoms with E-state index in [0.717, 1.165) is 5.69 Å². The Morgan fingerprint density at radius 2 is 1.88 bits per heavy atom. The fourth-order valence-corrected chi connectivity index (χ4v) is 1.53. The van der Waals surface area contributed by atoms with Crippen molar-refractivity contribution in [1.82, 2.24) is 9.80 Å². The smallest absolute Gasteiger partial charge is 0.412 e. The Labute approximate surface area is 109 Å². The molecule has 0 spiro atoms. The van der Waals surface area contributed by atoms with Gasteiger partial charge in [0.1, 0.15) is 11.4 Å². The van der Waals surface area contributed by atoms with Gasteiger partial charge in [-0.05, 0) is 19.1 Å². The second-order valence-corrected chi connectivity index (χ2v) is 4.60. The minimum atomic E-state index is -0.448. The highest BCUT2D eigenvalue weighted by Crippen LogP contribution is 2.27. The average molecular weight is 259 g/mol. The number of quaternary nitrogens is 1. The van der Waals surface area contributed by atoms with Gasteiger partial charge in [-0.2, -0.15) is 0 Å². The lowest BCUT2D eigenvalue weighted by Crippen LogP contribution is -3.00. The molecule has 0 aliphatic carbocycles. The van der Waals surface area contributed by atoms with Crippen LogP contribution in [0.3, 0.4) is 0 Å². The van der Waals surface area contributed by atoms with Crippen LogP contribution >= 0.6 is 0 Å². The molecule has 0 aromatic heterocycles. The van der Waals surface area contributed by atoms with Crippen molar-refractivity contribution in [3.8, 4) is 5.75 Å². The van der Waals surface area contributed by atoms with Crippen molar-refractivity contribution in [2.45, 2.75) is 6.92 Å². The first-order chi connectivity index (χ1) is 7.34. The SMILES string of the molecule is CNC(=O)Oc1ccc(C)c([N+](C)(C)C)c1.[Cl-]. The zero-order valence-electron chi connectivity index (χ0n) is 10.9. The molecule has 1 aromatic carbocycles. The maximum atomic E-state index is 11.1. The van der Waals surface area contributed by atoms with Gasteiger partial charge in [-0.25, -0.2) is 4.79 Å². The Balaban J connectivity index is 0.00000256. The number of nitrogens with zero attached hydrogens (tertiary/aromatic N) is 1. The Hall–Kier alpha value is -1.26. The molecule has 96 valence electrons. The predicted octanol–water partition coefficient (Wildman–Crippen LogP) is -1.09. The molecule has 4 nitrogen and oxygen atoms in total. The van der Waals surface area contributed by atoms with Gasteiger partial charge in [0.05, 0.1) is 21.1 Å². The summed E-state index contributed by atoms with van der Waals surface area (Å²) in [5.74, 6) is 0.563. The molecule has 0 bridgehead atoms.